The van der Waals surface area contributed by atoms with E-state index in [1.807, 2.05) is 35.2 Å². The van der Waals surface area contributed by atoms with Gasteiger partial charge in [0.15, 0.2) is 5.76 Å². The van der Waals surface area contributed by atoms with Crippen LogP contribution in [0.5, 0.6) is 0 Å². The lowest BCUT2D eigenvalue weighted by Crippen LogP contribution is -2.16. The molecule has 0 fully saturated rings. The number of aromatic carboxylic acids is 1. The number of halogens is 3. The van der Waals surface area contributed by atoms with Gasteiger partial charge in [0.2, 0.25) is 0 Å². The maximum Gasteiger partial charge on any atom is 0.399 e. The van der Waals surface area contributed by atoms with Crippen molar-refractivity contribution in [3.63, 3.8) is 0 Å². The Bertz CT molecular complexity index is 1390. The van der Waals surface area contributed by atoms with Crippen molar-refractivity contribution in [2.45, 2.75) is 12.7 Å². The van der Waals surface area contributed by atoms with Gasteiger partial charge in [0, 0.05) is 15.7 Å². The second kappa shape index (κ2) is 11.1. The highest BCUT2D eigenvalue weighted by Crippen LogP contribution is 2.53. The molecule has 0 saturated carbocycles. The van der Waals surface area contributed by atoms with Crippen molar-refractivity contribution in [3.8, 4) is 11.3 Å². The summed E-state index contributed by atoms with van der Waals surface area (Å²) in [4.78, 5) is 17.3. The molecule has 36 heavy (non-hydrogen) atoms. The SMILES string of the molecule is O=C(O)c1ccc(-c2cnc(N(Cc3ccc(CP(=O)(OF)OF)c(Br)c3)c3ccccc3)o2)cc1. The van der Waals surface area contributed by atoms with Gasteiger partial charge >= 0.3 is 19.6 Å². The molecule has 0 spiro atoms. The Morgan fingerprint density at radius 2 is 1.75 bits per heavy atom. The molecule has 4 rings (SSSR count). The largest absolute Gasteiger partial charge is 0.478 e. The van der Waals surface area contributed by atoms with E-state index in [1.165, 1.54) is 12.1 Å². The van der Waals surface area contributed by atoms with Crippen molar-refractivity contribution >= 4 is 41.2 Å². The molecule has 1 aromatic heterocycles. The van der Waals surface area contributed by atoms with Crippen LogP contribution in [0.3, 0.4) is 0 Å². The Kier molecular flexibility index (Phi) is 7.95. The summed E-state index contributed by atoms with van der Waals surface area (Å²) >= 11 is 3.33. The maximum atomic E-state index is 12.5. The summed E-state index contributed by atoms with van der Waals surface area (Å²) < 4.78 is 49.6. The van der Waals surface area contributed by atoms with Crippen LogP contribution in [0.4, 0.5) is 20.8 Å². The molecule has 12 heteroatoms. The first-order chi connectivity index (χ1) is 17.3. The van der Waals surface area contributed by atoms with Crippen LogP contribution in [0.2, 0.25) is 0 Å². The average molecular weight is 579 g/mol. The number of anilines is 2. The quantitative estimate of drug-likeness (QED) is 0.191. The lowest BCUT2D eigenvalue weighted by Gasteiger charge is -2.21. The first kappa shape index (κ1) is 25.7. The minimum absolute atomic E-state index is 0.158. The van der Waals surface area contributed by atoms with Crippen LogP contribution < -0.4 is 4.90 Å². The van der Waals surface area contributed by atoms with Gasteiger partial charge < -0.3 is 9.52 Å². The monoisotopic (exact) mass is 578 g/mol. The second-order valence-corrected chi connectivity index (χ2v) is 10.3. The molecule has 0 aliphatic rings. The summed E-state index contributed by atoms with van der Waals surface area (Å²) in [6.07, 6.45) is 0.943. The molecule has 1 N–H and O–H groups in total. The number of carboxylic acids is 1. The van der Waals surface area contributed by atoms with Crippen LogP contribution >= 0.6 is 23.5 Å². The van der Waals surface area contributed by atoms with Crippen LogP contribution in [-0.4, -0.2) is 16.1 Å². The van der Waals surface area contributed by atoms with E-state index in [2.05, 4.69) is 30.4 Å². The summed E-state index contributed by atoms with van der Waals surface area (Å²) in [7, 11) is -4.53. The predicted octanol–water partition coefficient (Wildman–Crippen LogP) is 7.64. The molecule has 8 nitrogen and oxygen atoms in total. The van der Waals surface area contributed by atoms with Crippen LogP contribution in [0.15, 0.2) is 87.9 Å². The summed E-state index contributed by atoms with van der Waals surface area (Å²) in [6.45, 7) is 0.303. The van der Waals surface area contributed by atoms with Crippen molar-refractivity contribution in [1.29, 1.82) is 0 Å². The van der Waals surface area contributed by atoms with Gasteiger partial charge in [-0.2, -0.15) is 0 Å². The number of carbonyl (C=O) groups is 1. The van der Waals surface area contributed by atoms with E-state index < -0.39 is 19.7 Å². The first-order valence-corrected chi connectivity index (χ1v) is 12.9. The van der Waals surface area contributed by atoms with Gasteiger partial charge in [0.25, 0.3) is 0 Å². The number of hydrogen-bond acceptors (Lipinski definition) is 7. The molecule has 0 unspecified atom stereocenters. The summed E-state index contributed by atoms with van der Waals surface area (Å²) in [5, 5.41) is 9.10. The molecule has 186 valence electrons. The number of nitrogens with zero attached hydrogens (tertiary/aromatic N) is 2. The van der Waals surface area contributed by atoms with Crippen molar-refractivity contribution in [2.75, 3.05) is 4.90 Å². The van der Waals surface area contributed by atoms with E-state index in [0.717, 1.165) is 11.3 Å². The van der Waals surface area contributed by atoms with Gasteiger partial charge in [-0.1, -0.05) is 58.4 Å². The van der Waals surface area contributed by atoms with Crippen molar-refractivity contribution < 1.29 is 37.4 Å². The third-order valence-electron chi connectivity index (χ3n) is 5.24. The number of rotatable bonds is 10. The maximum absolute atomic E-state index is 12.5. The highest BCUT2D eigenvalue weighted by Gasteiger charge is 2.29. The fourth-order valence-electron chi connectivity index (χ4n) is 3.45. The highest BCUT2D eigenvalue weighted by atomic mass is 79.9. The number of oxazole rings is 1. The molecule has 3 aromatic carbocycles. The van der Waals surface area contributed by atoms with E-state index in [4.69, 9.17) is 9.52 Å². The minimum Gasteiger partial charge on any atom is -0.478 e. The number of para-hydroxylation sites is 1. The summed E-state index contributed by atoms with van der Waals surface area (Å²) in [6, 6.07) is 20.8. The van der Waals surface area contributed by atoms with Crippen LogP contribution in [-0.2, 0) is 26.7 Å². The Hall–Kier alpha value is -3.37. The number of carboxylic acid groups (broad SMARTS) is 1. The first-order valence-electron chi connectivity index (χ1n) is 10.4. The van der Waals surface area contributed by atoms with E-state index >= 15 is 0 Å². The highest BCUT2D eigenvalue weighted by molar-refractivity contribution is 9.10. The lowest BCUT2D eigenvalue weighted by atomic mass is 10.1. The topological polar surface area (TPSA) is 102 Å². The summed E-state index contributed by atoms with van der Waals surface area (Å²) in [5.74, 6) is -0.572. The smallest absolute Gasteiger partial charge is 0.399 e. The van der Waals surface area contributed by atoms with Crippen LogP contribution in [0.25, 0.3) is 11.3 Å². The normalized spacial score (nSPS) is 11.4. The molecule has 1 heterocycles. The van der Waals surface area contributed by atoms with E-state index in [-0.39, 0.29) is 5.56 Å². The third kappa shape index (κ3) is 5.88. The van der Waals surface area contributed by atoms with Gasteiger partial charge in [-0.25, -0.2) is 9.78 Å². The standard InChI is InChI=1S/C24H18BrF2N2O6P/c25-21-12-16(6-7-19(21)15-36(32,34-26)35-27)14-29(20-4-2-1-3-5-20)24-28-13-22(33-24)17-8-10-18(11-9-17)23(30)31/h1-13H,14-15H2,(H,30,31). The van der Waals surface area contributed by atoms with Gasteiger partial charge in [-0.15, -0.1) is 9.46 Å². The molecule has 0 aliphatic carbocycles. The molecular formula is C24H18BrF2N2O6P. The van der Waals surface area contributed by atoms with Gasteiger partial charge in [0.05, 0.1) is 24.5 Å². The molecule has 0 aliphatic heterocycles. The second-order valence-electron chi connectivity index (χ2n) is 7.64. The zero-order valence-electron chi connectivity index (χ0n) is 18.4. The Morgan fingerprint density at radius 3 is 2.36 bits per heavy atom. The third-order valence-corrected chi connectivity index (χ3v) is 7.13. The zero-order valence-corrected chi connectivity index (χ0v) is 20.9. The molecule has 0 bridgehead atoms. The van der Waals surface area contributed by atoms with Gasteiger partial charge in [-0.05, 0) is 50.5 Å². The molecule has 0 saturated heterocycles. The number of aromatic nitrogens is 1. The lowest BCUT2D eigenvalue weighted by molar-refractivity contribution is -0.0881. The van der Waals surface area contributed by atoms with Crippen molar-refractivity contribution in [3.05, 3.63) is 100 Å². The fourth-order valence-corrected chi connectivity index (χ4v) is 5.04. The zero-order chi connectivity index (χ0) is 25.7. The van der Waals surface area contributed by atoms with Crippen molar-refractivity contribution in [2.24, 2.45) is 0 Å². The Morgan fingerprint density at radius 1 is 1.06 bits per heavy atom. The van der Waals surface area contributed by atoms with Crippen LogP contribution in [0.1, 0.15) is 21.5 Å². The van der Waals surface area contributed by atoms with E-state index in [1.54, 1.807) is 36.5 Å². The van der Waals surface area contributed by atoms with Crippen molar-refractivity contribution in [1.82, 2.24) is 4.98 Å². The van der Waals surface area contributed by atoms with Gasteiger partial charge in [0.1, 0.15) is 0 Å². The fraction of sp³-hybridized carbons (Fsp3) is 0.0833. The molecular weight excluding hydrogens is 561 g/mol. The minimum atomic E-state index is -4.53. The predicted molar refractivity (Wildman–Crippen MR) is 131 cm³/mol. The van der Waals surface area contributed by atoms with Crippen LogP contribution in [0, 0.1) is 0 Å². The number of benzene rings is 3. The van der Waals surface area contributed by atoms with E-state index in [9.17, 15) is 18.4 Å². The molecule has 0 amide bonds. The Labute approximate surface area is 212 Å². The van der Waals surface area contributed by atoms with E-state index in [0.29, 0.717) is 33.9 Å². The number of hydrogen-bond donors (Lipinski definition) is 1. The molecule has 0 radical (unpaired) electrons. The van der Waals surface area contributed by atoms with Gasteiger partial charge in [-0.3, -0.25) is 9.46 Å². The molecule has 4 aromatic rings. The summed E-state index contributed by atoms with van der Waals surface area (Å²) in [5.41, 5.74) is 2.71. The molecule has 0 atom stereocenters. The average Bonchev–Trinajstić information content (AvgIpc) is 3.39. The Balaban J connectivity index is 1.62.